The maximum atomic E-state index is 12.1. The van der Waals surface area contributed by atoms with E-state index in [9.17, 15) is 9.59 Å². The highest BCUT2D eigenvalue weighted by atomic mass is 16.4. The van der Waals surface area contributed by atoms with Crippen molar-refractivity contribution in [2.45, 2.75) is 37.8 Å². The van der Waals surface area contributed by atoms with Crippen molar-refractivity contribution in [3.63, 3.8) is 0 Å². The molecule has 6 nitrogen and oxygen atoms in total. The quantitative estimate of drug-likeness (QED) is 0.523. The first-order valence-corrected chi connectivity index (χ1v) is 6.51. The molecule has 0 aromatic rings. The summed E-state index contributed by atoms with van der Waals surface area (Å²) in [5, 5.41) is 23.4. The van der Waals surface area contributed by atoms with Crippen LogP contribution in [0.5, 0.6) is 0 Å². The number of aliphatic hydroxyl groups excluding tert-OH is 1. The van der Waals surface area contributed by atoms with Gasteiger partial charge in [0.15, 0.2) is 0 Å². The Bertz CT molecular complexity index is 334. The van der Waals surface area contributed by atoms with Gasteiger partial charge in [0, 0.05) is 13.0 Å². The van der Waals surface area contributed by atoms with Crippen LogP contribution in [0.3, 0.4) is 0 Å². The van der Waals surface area contributed by atoms with E-state index in [2.05, 4.69) is 10.6 Å². The van der Waals surface area contributed by atoms with Crippen molar-refractivity contribution in [1.82, 2.24) is 10.6 Å². The second-order valence-electron chi connectivity index (χ2n) is 5.15. The predicted molar refractivity (Wildman–Crippen MR) is 63.9 cm³/mol. The molecule has 0 aromatic heterocycles. The zero-order valence-corrected chi connectivity index (χ0v) is 10.3. The highest BCUT2D eigenvalue weighted by Gasteiger charge is 2.42. The van der Waals surface area contributed by atoms with Crippen LogP contribution < -0.4 is 10.6 Å². The molecule has 102 valence electrons. The van der Waals surface area contributed by atoms with Crippen LogP contribution in [0.1, 0.15) is 25.7 Å². The van der Waals surface area contributed by atoms with Crippen molar-refractivity contribution in [1.29, 1.82) is 0 Å². The Morgan fingerprint density at radius 1 is 1.39 bits per heavy atom. The average Bonchev–Trinajstić information content (AvgIpc) is 2.89. The smallest absolute Gasteiger partial charge is 0.326 e. The van der Waals surface area contributed by atoms with Crippen LogP contribution in [-0.4, -0.2) is 47.3 Å². The van der Waals surface area contributed by atoms with Crippen LogP contribution in [0, 0.1) is 11.8 Å². The zero-order valence-electron chi connectivity index (χ0n) is 10.3. The van der Waals surface area contributed by atoms with Gasteiger partial charge in [-0.2, -0.15) is 0 Å². The van der Waals surface area contributed by atoms with Gasteiger partial charge in [-0.15, -0.1) is 0 Å². The number of fused-ring (bicyclic) bond motifs is 1. The van der Waals surface area contributed by atoms with Crippen molar-refractivity contribution in [3.8, 4) is 0 Å². The molecule has 4 atom stereocenters. The van der Waals surface area contributed by atoms with Crippen LogP contribution >= 0.6 is 0 Å². The van der Waals surface area contributed by atoms with E-state index >= 15 is 0 Å². The summed E-state index contributed by atoms with van der Waals surface area (Å²) in [6, 6.07) is -1.26. The van der Waals surface area contributed by atoms with E-state index in [1.54, 1.807) is 0 Å². The summed E-state index contributed by atoms with van der Waals surface area (Å²) in [5.74, 6) is -0.445. The van der Waals surface area contributed by atoms with Crippen molar-refractivity contribution < 1.29 is 19.8 Å². The van der Waals surface area contributed by atoms with Crippen LogP contribution in [0.2, 0.25) is 0 Å². The average molecular weight is 256 g/mol. The largest absolute Gasteiger partial charge is 0.480 e. The first-order valence-electron chi connectivity index (χ1n) is 6.51. The summed E-state index contributed by atoms with van der Waals surface area (Å²) in [7, 11) is 0. The third kappa shape index (κ3) is 2.64. The summed E-state index contributed by atoms with van der Waals surface area (Å²) in [5.41, 5.74) is 0. The molecule has 1 aliphatic carbocycles. The SMILES string of the molecule is O=C(N[C@@H](CCO)C(=O)O)C1NCC2CCCC21. The maximum absolute atomic E-state index is 12.1. The molecule has 1 aliphatic heterocycles. The minimum Gasteiger partial charge on any atom is -0.480 e. The van der Waals surface area contributed by atoms with Gasteiger partial charge in [0.05, 0.1) is 6.04 Å². The predicted octanol–water partition coefficient (Wildman–Crippen LogP) is -0.674. The molecule has 4 N–H and O–H groups in total. The third-order valence-electron chi connectivity index (χ3n) is 4.06. The summed E-state index contributed by atoms with van der Waals surface area (Å²) in [4.78, 5) is 23.0. The Balaban J connectivity index is 1.92. The number of hydrogen-bond acceptors (Lipinski definition) is 4. The van der Waals surface area contributed by atoms with E-state index < -0.39 is 12.0 Å². The normalized spacial score (nSPS) is 31.9. The molecule has 0 spiro atoms. The molecule has 1 saturated heterocycles. The van der Waals surface area contributed by atoms with E-state index in [1.807, 2.05) is 0 Å². The van der Waals surface area contributed by atoms with Crippen molar-refractivity contribution in [2.75, 3.05) is 13.2 Å². The lowest BCUT2D eigenvalue weighted by Gasteiger charge is -2.20. The highest BCUT2D eigenvalue weighted by molar-refractivity contribution is 5.87. The number of aliphatic hydroxyl groups is 1. The van der Waals surface area contributed by atoms with Gasteiger partial charge in [-0.1, -0.05) is 6.42 Å². The Morgan fingerprint density at radius 3 is 2.83 bits per heavy atom. The van der Waals surface area contributed by atoms with Gasteiger partial charge in [0.2, 0.25) is 5.91 Å². The van der Waals surface area contributed by atoms with E-state index in [0.717, 1.165) is 25.8 Å². The Morgan fingerprint density at radius 2 is 2.17 bits per heavy atom. The first-order chi connectivity index (χ1) is 8.63. The number of aliphatic carboxylic acids is 1. The molecule has 3 unspecified atom stereocenters. The standard InChI is InChI=1S/C12H20N2O4/c15-5-4-9(12(17)18)14-11(16)10-8-3-1-2-7(8)6-13-10/h7-10,13,15H,1-6H2,(H,14,16)(H,17,18)/t7?,8?,9-,10?/m0/s1. The van der Waals surface area contributed by atoms with Crippen molar-refractivity contribution in [3.05, 3.63) is 0 Å². The van der Waals surface area contributed by atoms with E-state index in [-0.39, 0.29) is 25.0 Å². The molecule has 18 heavy (non-hydrogen) atoms. The van der Waals surface area contributed by atoms with Crippen LogP contribution in [0.4, 0.5) is 0 Å². The van der Waals surface area contributed by atoms with Crippen molar-refractivity contribution >= 4 is 11.9 Å². The molecule has 1 heterocycles. The molecule has 0 radical (unpaired) electrons. The number of carbonyl (C=O) groups is 2. The minimum atomic E-state index is -1.10. The summed E-state index contributed by atoms with van der Waals surface area (Å²) in [6.07, 6.45) is 3.38. The lowest BCUT2D eigenvalue weighted by Crippen LogP contribution is -2.50. The summed E-state index contributed by atoms with van der Waals surface area (Å²) in [6.45, 7) is 0.599. The number of rotatable bonds is 5. The molecule has 6 heteroatoms. The molecular formula is C12H20N2O4. The maximum Gasteiger partial charge on any atom is 0.326 e. The summed E-state index contributed by atoms with van der Waals surface area (Å²) < 4.78 is 0. The van der Waals surface area contributed by atoms with Crippen LogP contribution in [0.15, 0.2) is 0 Å². The van der Waals surface area contributed by atoms with Crippen molar-refractivity contribution in [2.24, 2.45) is 11.8 Å². The summed E-state index contributed by atoms with van der Waals surface area (Å²) >= 11 is 0. The Kier molecular flexibility index (Phi) is 4.19. The second-order valence-corrected chi connectivity index (χ2v) is 5.15. The minimum absolute atomic E-state index is 0.0435. The number of carboxylic acid groups (broad SMARTS) is 1. The van der Waals surface area contributed by atoms with Crippen LogP contribution in [-0.2, 0) is 9.59 Å². The van der Waals surface area contributed by atoms with E-state index in [0.29, 0.717) is 11.8 Å². The lowest BCUT2D eigenvalue weighted by molar-refractivity contribution is -0.142. The number of amides is 1. The number of nitrogens with one attached hydrogen (secondary N) is 2. The fourth-order valence-corrected chi connectivity index (χ4v) is 3.12. The first kappa shape index (κ1) is 13.3. The fraction of sp³-hybridized carbons (Fsp3) is 0.833. The second kappa shape index (κ2) is 5.67. The molecule has 2 aliphatic rings. The molecule has 2 fully saturated rings. The molecular weight excluding hydrogens is 236 g/mol. The van der Waals surface area contributed by atoms with Gasteiger partial charge < -0.3 is 20.8 Å². The molecule has 0 bridgehead atoms. The topological polar surface area (TPSA) is 98.7 Å². The van der Waals surface area contributed by atoms with Gasteiger partial charge in [0.25, 0.3) is 0 Å². The molecule has 2 rings (SSSR count). The fourth-order valence-electron chi connectivity index (χ4n) is 3.12. The Labute approximate surface area is 106 Å². The molecule has 0 aromatic carbocycles. The zero-order chi connectivity index (χ0) is 13.1. The lowest BCUT2D eigenvalue weighted by atomic mass is 9.93. The van der Waals surface area contributed by atoms with Gasteiger partial charge in [0.1, 0.15) is 6.04 Å². The number of carbonyl (C=O) groups excluding carboxylic acids is 1. The van der Waals surface area contributed by atoms with E-state index in [4.69, 9.17) is 10.2 Å². The monoisotopic (exact) mass is 256 g/mol. The van der Waals surface area contributed by atoms with Gasteiger partial charge in [-0.3, -0.25) is 4.79 Å². The highest BCUT2D eigenvalue weighted by Crippen LogP contribution is 2.37. The Hall–Kier alpha value is -1.14. The number of hydrogen-bond donors (Lipinski definition) is 4. The van der Waals surface area contributed by atoms with Gasteiger partial charge >= 0.3 is 5.97 Å². The molecule has 1 saturated carbocycles. The van der Waals surface area contributed by atoms with Crippen LogP contribution in [0.25, 0.3) is 0 Å². The molecule has 1 amide bonds. The third-order valence-corrected chi connectivity index (χ3v) is 4.06. The number of carboxylic acids is 1. The van der Waals surface area contributed by atoms with Gasteiger partial charge in [-0.05, 0) is 31.2 Å². The van der Waals surface area contributed by atoms with Gasteiger partial charge in [-0.25, -0.2) is 4.79 Å². The van der Waals surface area contributed by atoms with E-state index in [1.165, 1.54) is 0 Å².